The maximum absolute atomic E-state index is 9.02. The number of hydrogen-bond acceptors (Lipinski definition) is 1. The Bertz CT molecular complexity index is 242. The summed E-state index contributed by atoms with van der Waals surface area (Å²) >= 11 is 0. The van der Waals surface area contributed by atoms with Crippen molar-refractivity contribution in [3.05, 3.63) is 0 Å². The first kappa shape index (κ1) is 29.6. The van der Waals surface area contributed by atoms with Gasteiger partial charge in [0, 0.05) is 6.61 Å². The minimum Gasteiger partial charge on any atom is -1.00 e. The number of rotatable bonds is 21. The van der Waals surface area contributed by atoms with Gasteiger partial charge < -0.3 is 26.6 Å². The highest BCUT2D eigenvalue weighted by Gasteiger charge is 2.25. The first-order valence-corrected chi connectivity index (χ1v) is 12.2. The molecule has 0 aliphatic heterocycles. The summed E-state index contributed by atoms with van der Waals surface area (Å²) < 4.78 is 1.40. The van der Waals surface area contributed by atoms with Gasteiger partial charge in [-0.05, 0) is 57.8 Å². The third kappa shape index (κ3) is 18.2. The number of aliphatic hydroxyl groups excluding tert-OH is 1. The quantitative estimate of drug-likeness (QED) is 0.206. The zero-order chi connectivity index (χ0) is 19.3. The van der Waals surface area contributed by atoms with Crippen LogP contribution in [0.25, 0.3) is 0 Å². The van der Waals surface area contributed by atoms with Gasteiger partial charge >= 0.3 is 0 Å². The highest BCUT2D eigenvalue weighted by Crippen LogP contribution is 2.19. The van der Waals surface area contributed by atoms with Crippen LogP contribution in [0.5, 0.6) is 0 Å². The molecule has 0 rings (SSSR count). The van der Waals surface area contributed by atoms with Crippen LogP contribution in [-0.4, -0.2) is 42.4 Å². The summed E-state index contributed by atoms with van der Waals surface area (Å²) in [6, 6.07) is 0. The number of halogens is 1. The molecule has 1 N–H and O–H groups in total. The van der Waals surface area contributed by atoms with Crippen molar-refractivity contribution in [2.24, 2.45) is 0 Å². The molecule has 0 fully saturated rings. The Kier molecular flexibility index (Phi) is 24.9. The summed E-state index contributed by atoms with van der Waals surface area (Å²) in [5.41, 5.74) is 0. The van der Waals surface area contributed by atoms with Crippen molar-refractivity contribution < 1.29 is 26.6 Å². The van der Waals surface area contributed by atoms with Crippen molar-refractivity contribution in [2.75, 3.05) is 32.8 Å². The molecule has 0 aromatic carbocycles. The molecule has 27 heavy (non-hydrogen) atoms. The van der Waals surface area contributed by atoms with Crippen molar-refractivity contribution in [1.29, 1.82) is 0 Å². The second-order valence-electron chi connectivity index (χ2n) is 8.56. The Labute approximate surface area is 182 Å². The molecule has 166 valence electrons. The molecule has 0 heterocycles. The third-order valence-electron chi connectivity index (χ3n) is 6.00. The fourth-order valence-corrected chi connectivity index (χ4v) is 4.21. The van der Waals surface area contributed by atoms with E-state index in [-0.39, 0.29) is 17.0 Å². The van der Waals surface area contributed by atoms with E-state index in [4.69, 9.17) is 5.11 Å². The lowest BCUT2D eigenvalue weighted by Gasteiger charge is -2.39. The molecule has 2 nitrogen and oxygen atoms in total. The van der Waals surface area contributed by atoms with Gasteiger partial charge in [0.15, 0.2) is 0 Å². The number of hydrogen-bond donors (Lipinski definition) is 1. The first-order chi connectivity index (χ1) is 12.7. The van der Waals surface area contributed by atoms with Gasteiger partial charge in [0.2, 0.25) is 0 Å². The Morgan fingerprint density at radius 3 is 1.04 bits per heavy atom. The Morgan fingerprint density at radius 2 is 0.741 bits per heavy atom. The minimum absolute atomic E-state index is 0. The molecule has 0 saturated carbocycles. The summed E-state index contributed by atoms with van der Waals surface area (Å²) in [6.45, 7) is 13.0. The van der Waals surface area contributed by atoms with E-state index in [1.807, 2.05) is 0 Å². The molecule has 0 bridgehead atoms. The van der Waals surface area contributed by atoms with Gasteiger partial charge in [-0.25, -0.2) is 0 Å². The lowest BCUT2D eigenvalue weighted by molar-refractivity contribution is -0.929. The van der Waals surface area contributed by atoms with E-state index < -0.39 is 0 Å². The van der Waals surface area contributed by atoms with Crippen LogP contribution in [0.4, 0.5) is 0 Å². The maximum atomic E-state index is 9.02. The summed E-state index contributed by atoms with van der Waals surface area (Å²) in [7, 11) is 0. The molecule has 3 heteroatoms. The first-order valence-electron chi connectivity index (χ1n) is 12.2. The average Bonchev–Trinajstić information content (AvgIpc) is 2.65. The molecule has 0 aromatic heterocycles. The van der Waals surface area contributed by atoms with E-state index in [9.17, 15) is 0 Å². The van der Waals surface area contributed by atoms with Crippen molar-refractivity contribution in [3.8, 4) is 0 Å². The predicted octanol–water partition coefficient (Wildman–Crippen LogP) is 4.10. The number of unbranched alkanes of at least 4 members (excludes halogenated alkanes) is 12. The maximum Gasteiger partial charge on any atom is 0.0786 e. The van der Waals surface area contributed by atoms with Crippen LogP contribution in [0.1, 0.15) is 124 Å². The Balaban J connectivity index is 0. The van der Waals surface area contributed by atoms with Crippen molar-refractivity contribution in [1.82, 2.24) is 0 Å². The zero-order valence-corrected chi connectivity index (χ0v) is 20.7. The van der Waals surface area contributed by atoms with E-state index in [0.717, 1.165) is 6.42 Å². The van der Waals surface area contributed by atoms with Gasteiger partial charge in [0.25, 0.3) is 0 Å². The second kappa shape index (κ2) is 22.7. The monoisotopic (exact) mass is 449 g/mol. The van der Waals surface area contributed by atoms with Gasteiger partial charge in [0.05, 0.1) is 26.2 Å². The normalized spacial score (nSPS) is 11.6. The molecular formula is C24H52BrNO. The van der Waals surface area contributed by atoms with Crippen LogP contribution in [0.2, 0.25) is 0 Å². The average molecular weight is 451 g/mol. The fraction of sp³-hybridized carbons (Fsp3) is 1.00. The molecule has 0 atom stereocenters. The van der Waals surface area contributed by atoms with Gasteiger partial charge in [-0.2, -0.15) is 0 Å². The number of quaternary nitrogens is 1. The summed E-state index contributed by atoms with van der Waals surface area (Å²) in [4.78, 5) is 0. The Morgan fingerprint density at radius 1 is 0.444 bits per heavy atom. The minimum atomic E-state index is 0. The van der Waals surface area contributed by atoms with Gasteiger partial charge in [-0.1, -0.05) is 65.7 Å². The molecule has 0 aliphatic carbocycles. The fourth-order valence-electron chi connectivity index (χ4n) is 4.21. The van der Waals surface area contributed by atoms with E-state index in [1.165, 1.54) is 127 Å². The van der Waals surface area contributed by atoms with Crippen molar-refractivity contribution in [2.45, 2.75) is 124 Å². The summed E-state index contributed by atoms with van der Waals surface area (Å²) in [6.07, 6.45) is 21.6. The van der Waals surface area contributed by atoms with Crippen LogP contribution in [0.3, 0.4) is 0 Å². The molecule has 0 aromatic rings. The SMILES string of the molecule is CCCCCC[N+](CCCCCC)(CCCCCC)CCCCCCO.[Br-]. The molecule has 0 saturated heterocycles. The third-order valence-corrected chi connectivity index (χ3v) is 6.00. The predicted molar refractivity (Wildman–Crippen MR) is 118 cm³/mol. The largest absolute Gasteiger partial charge is 1.00 e. The van der Waals surface area contributed by atoms with Crippen LogP contribution in [-0.2, 0) is 0 Å². The van der Waals surface area contributed by atoms with Crippen LogP contribution in [0, 0.1) is 0 Å². The van der Waals surface area contributed by atoms with Gasteiger partial charge in [0.1, 0.15) is 0 Å². The van der Waals surface area contributed by atoms with Crippen molar-refractivity contribution in [3.63, 3.8) is 0 Å². The number of nitrogens with zero attached hydrogens (tertiary/aromatic N) is 1. The lowest BCUT2D eigenvalue weighted by Crippen LogP contribution is -3.00. The molecule has 0 unspecified atom stereocenters. The van der Waals surface area contributed by atoms with E-state index >= 15 is 0 Å². The van der Waals surface area contributed by atoms with Crippen LogP contribution in [0.15, 0.2) is 0 Å². The number of aliphatic hydroxyl groups is 1. The summed E-state index contributed by atoms with van der Waals surface area (Å²) in [5, 5.41) is 9.02. The topological polar surface area (TPSA) is 20.2 Å². The lowest BCUT2D eigenvalue weighted by atomic mass is 10.1. The Hall–Kier alpha value is 0.400. The smallest absolute Gasteiger partial charge is 0.0786 e. The van der Waals surface area contributed by atoms with E-state index in [0.29, 0.717) is 6.61 Å². The molecule has 0 aliphatic rings. The molecule has 0 amide bonds. The van der Waals surface area contributed by atoms with E-state index in [2.05, 4.69) is 20.8 Å². The van der Waals surface area contributed by atoms with Crippen LogP contribution >= 0.6 is 0 Å². The second-order valence-corrected chi connectivity index (χ2v) is 8.56. The van der Waals surface area contributed by atoms with Crippen LogP contribution < -0.4 is 17.0 Å². The molecule has 0 spiro atoms. The van der Waals surface area contributed by atoms with Gasteiger partial charge in [-0.15, -0.1) is 0 Å². The van der Waals surface area contributed by atoms with E-state index in [1.54, 1.807) is 0 Å². The summed E-state index contributed by atoms with van der Waals surface area (Å²) in [5.74, 6) is 0. The standard InChI is InChI=1S/C24H52NO.BrH/c1-4-7-10-15-20-25(21-16-11-8-5-2,22-17-12-9-6-3)23-18-13-14-19-24-26;/h26H,4-24H2,1-3H3;1H/q+1;/p-1. The zero-order valence-electron chi connectivity index (χ0n) is 19.1. The molecular weight excluding hydrogens is 398 g/mol. The molecule has 0 radical (unpaired) electrons. The highest BCUT2D eigenvalue weighted by atomic mass is 79.9. The van der Waals surface area contributed by atoms with Gasteiger partial charge in [-0.3, -0.25) is 0 Å². The van der Waals surface area contributed by atoms with Crippen molar-refractivity contribution >= 4 is 0 Å². The highest BCUT2D eigenvalue weighted by molar-refractivity contribution is 4.53.